The molecule has 20 heavy (non-hydrogen) atoms. The minimum absolute atomic E-state index is 0.402. The Balaban J connectivity index is 1.73. The van der Waals surface area contributed by atoms with Crippen LogP contribution in [0.1, 0.15) is 44.2 Å². The summed E-state index contributed by atoms with van der Waals surface area (Å²) in [5, 5.41) is 4.90. The third kappa shape index (κ3) is 3.30. The van der Waals surface area contributed by atoms with Gasteiger partial charge in [0.1, 0.15) is 0 Å². The maximum absolute atomic E-state index is 6.17. The Morgan fingerprint density at radius 3 is 2.65 bits per heavy atom. The quantitative estimate of drug-likeness (QED) is 0.873. The van der Waals surface area contributed by atoms with E-state index in [1.54, 1.807) is 0 Å². The second-order valence-corrected chi connectivity index (χ2v) is 6.89. The van der Waals surface area contributed by atoms with Crippen molar-refractivity contribution in [3.05, 3.63) is 33.8 Å². The monoisotopic (exact) mass is 312 g/mol. The van der Waals surface area contributed by atoms with Crippen LogP contribution in [0.5, 0.6) is 0 Å². The fourth-order valence-corrected chi connectivity index (χ4v) is 3.47. The van der Waals surface area contributed by atoms with E-state index in [-0.39, 0.29) is 0 Å². The van der Waals surface area contributed by atoms with Gasteiger partial charge in [0.25, 0.3) is 0 Å². The van der Waals surface area contributed by atoms with Gasteiger partial charge in [0.15, 0.2) is 0 Å². The van der Waals surface area contributed by atoms with Gasteiger partial charge >= 0.3 is 0 Å². The van der Waals surface area contributed by atoms with Crippen molar-refractivity contribution in [3.8, 4) is 0 Å². The van der Waals surface area contributed by atoms with Crippen LogP contribution in [0.4, 0.5) is 0 Å². The SMILES string of the molecule is CC(c1ccc(Cl)c(Cl)c1)N(CC1CCCN1)C1CC1. The molecule has 1 N–H and O–H groups in total. The molecule has 4 heteroatoms. The molecule has 1 saturated heterocycles. The van der Waals surface area contributed by atoms with Crippen LogP contribution in [0.25, 0.3) is 0 Å². The molecular formula is C16H22Cl2N2. The van der Waals surface area contributed by atoms with Gasteiger partial charge in [-0.2, -0.15) is 0 Å². The van der Waals surface area contributed by atoms with Gasteiger partial charge in [0.2, 0.25) is 0 Å². The lowest BCUT2D eigenvalue weighted by molar-refractivity contribution is 0.182. The van der Waals surface area contributed by atoms with Gasteiger partial charge in [-0.25, -0.2) is 0 Å². The zero-order valence-electron chi connectivity index (χ0n) is 11.9. The molecule has 2 unspecified atom stereocenters. The molecule has 0 radical (unpaired) electrons. The second-order valence-electron chi connectivity index (χ2n) is 6.07. The minimum Gasteiger partial charge on any atom is -0.313 e. The summed E-state index contributed by atoms with van der Waals surface area (Å²) in [6.45, 7) is 4.60. The Kier molecular flexibility index (Phi) is 4.56. The Morgan fingerprint density at radius 2 is 2.05 bits per heavy atom. The van der Waals surface area contributed by atoms with E-state index in [4.69, 9.17) is 23.2 Å². The lowest BCUT2D eigenvalue weighted by Crippen LogP contribution is -2.40. The van der Waals surface area contributed by atoms with Crippen LogP contribution in [-0.4, -0.2) is 30.1 Å². The molecule has 2 nitrogen and oxygen atoms in total. The van der Waals surface area contributed by atoms with Gasteiger partial charge in [-0.05, 0) is 56.8 Å². The fraction of sp³-hybridized carbons (Fsp3) is 0.625. The Bertz CT molecular complexity index is 468. The third-order valence-corrected chi connectivity index (χ3v) is 5.27. The van der Waals surface area contributed by atoms with Crippen molar-refractivity contribution in [3.63, 3.8) is 0 Å². The molecular weight excluding hydrogens is 291 g/mol. The molecule has 1 aliphatic carbocycles. The standard InChI is InChI=1S/C16H22Cl2N2/c1-11(12-4-7-15(17)16(18)9-12)20(14-5-6-14)10-13-3-2-8-19-13/h4,7,9,11,13-14,19H,2-3,5-6,8,10H2,1H3. The number of nitrogens with one attached hydrogen (secondary N) is 1. The number of rotatable bonds is 5. The number of benzene rings is 1. The maximum Gasteiger partial charge on any atom is 0.0595 e. The van der Waals surface area contributed by atoms with E-state index in [2.05, 4.69) is 23.2 Å². The molecule has 2 atom stereocenters. The summed E-state index contributed by atoms with van der Waals surface area (Å²) in [6.07, 6.45) is 5.28. The van der Waals surface area contributed by atoms with E-state index >= 15 is 0 Å². The molecule has 2 aliphatic rings. The van der Waals surface area contributed by atoms with Gasteiger partial charge < -0.3 is 5.32 Å². The van der Waals surface area contributed by atoms with E-state index in [1.807, 2.05) is 12.1 Å². The molecule has 0 spiro atoms. The summed E-state index contributed by atoms with van der Waals surface area (Å²) < 4.78 is 0. The number of nitrogens with zero attached hydrogens (tertiary/aromatic N) is 1. The topological polar surface area (TPSA) is 15.3 Å². The Hall–Kier alpha value is -0.280. The molecule has 1 aromatic carbocycles. The van der Waals surface area contributed by atoms with Crippen LogP contribution in [0, 0.1) is 0 Å². The summed E-state index contributed by atoms with van der Waals surface area (Å²) in [5.41, 5.74) is 1.27. The smallest absolute Gasteiger partial charge is 0.0595 e. The normalized spacial score (nSPS) is 24.3. The summed E-state index contributed by atoms with van der Waals surface area (Å²) in [5.74, 6) is 0. The van der Waals surface area contributed by atoms with Crippen LogP contribution >= 0.6 is 23.2 Å². The van der Waals surface area contributed by atoms with E-state index < -0.39 is 0 Å². The number of hydrogen-bond donors (Lipinski definition) is 1. The molecule has 1 aromatic rings. The highest BCUT2D eigenvalue weighted by atomic mass is 35.5. The van der Waals surface area contributed by atoms with Crippen LogP contribution in [0.15, 0.2) is 18.2 Å². The highest BCUT2D eigenvalue weighted by molar-refractivity contribution is 6.42. The zero-order valence-corrected chi connectivity index (χ0v) is 13.4. The summed E-state index contributed by atoms with van der Waals surface area (Å²) in [6, 6.07) is 7.85. The van der Waals surface area contributed by atoms with Crippen molar-refractivity contribution >= 4 is 23.2 Å². The van der Waals surface area contributed by atoms with Crippen molar-refractivity contribution in [2.24, 2.45) is 0 Å². The van der Waals surface area contributed by atoms with Gasteiger partial charge in [-0.3, -0.25) is 4.90 Å². The number of halogens is 2. The van der Waals surface area contributed by atoms with Crippen LogP contribution in [-0.2, 0) is 0 Å². The highest BCUT2D eigenvalue weighted by Crippen LogP contribution is 2.36. The van der Waals surface area contributed by atoms with E-state index in [0.29, 0.717) is 22.1 Å². The van der Waals surface area contributed by atoms with Gasteiger partial charge in [-0.15, -0.1) is 0 Å². The molecule has 0 amide bonds. The molecule has 1 saturated carbocycles. The third-order valence-electron chi connectivity index (χ3n) is 4.53. The van der Waals surface area contributed by atoms with Gasteiger partial charge in [0, 0.05) is 24.7 Å². The predicted octanol–water partition coefficient (Wildman–Crippen LogP) is 4.27. The summed E-state index contributed by atoms with van der Waals surface area (Å²) in [7, 11) is 0. The first-order valence-electron chi connectivity index (χ1n) is 7.59. The minimum atomic E-state index is 0.402. The van der Waals surface area contributed by atoms with Crippen molar-refractivity contribution in [2.75, 3.05) is 13.1 Å². The van der Waals surface area contributed by atoms with Crippen molar-refractivity contribution in [1.82, 2.24) is 10.2 Å². The highest BCUT2D eigenvalue weighted by Gasteiger charge is 2.34. The first-order valence-corrected chi connectivity index (χ1v) is 8.35. The van der Waals surface area contributed by atoms with Crippen LogP contribution in [0.3, 0.4) is 0 Å². The fourth-order valence-electron chi connectivity index (χ4n) is 3.16. The van der Waals surface area contributed by atoms with Crippen molar-refractivity contribution < 1.29 is 0 Å². The first-order chi connectivity index (χ1) is 9.65. The molecule has 0 aromatic heterocycles. The molecule has 2 fully saturated rings. The van der Waals surface area contributed by atoms with Crippen LogP contribution in [0.2, 0.25) is 10.0 Å². The van der Waals surface area contributed by atoms with E-state index in [9.17, 15) is 0 Å². The lowest BCUT2D eigenvalue weighted by Gasteiger charge is -2.32. The average Bonchev–Trinajstić information content (AvgIpc) is 3.15. The largest absolute Gasteiger partial charge is 0.313 e. The molecule has 1 heterocycles. The molecule has 0 bridgehead atoms. The van der Waals surface area contributed by atoms with Crippen molar-refractivity contribution in [1.29, 1.82) is 0 Å². The second kappa shape index (κ2) is 6.23. The van der Waals surface area contributed by atoms with Crippen molar-refractivity contribution in [2.45, 2.75) is 50.7 Å². The van der Waals surface area contributed by atoms with E-state index in [1.165, 1.54) is 37.8 Å². The molecule has 110 valence electrons. The van der Waals surface area contributed by atoms with Crippen LogP contribution < -0.4 is 5.32 Å². The average molecular weight is 313 g/mol. The molecule has 3 rings (SSSR count). The first kappa shape index (κ1) is 14.6. The Labute approximate surface area is 131 Å². The number of hydrogen-bond acceptors (Lipinski definition) is 2. The predicted molar refractivity (Wildman–Crippen MR) is 85.6 cm³/mol. The Morgan fingerprint density at radius 1 is 1.25 bits per heavy atom. The zero-order chi connectivity index (χ0) is 14.1. The maximum atomic E-state index is 6.17. The molecule has 1 aliphatic heterocycles. The summed E-state index contributed by atoms with van der Waals surface area (Å²) in [4.78, 5) is 2.64. The lowest BCUT2D eigenvalue weighted by atomic mass is 10.1. The van der Waals surface area contributed by atoms with Gasteiger partial charge in [-0.1, -0.05) is 29.3 Å². The van der Waals surface area contributed by atoms with Gasteiger partial charge in [0.05, 0.1) is 10.0 Å². The van der Waals surface area contributed by atoms with E-state index in [0.717, 1.165) is 12.6 Å². The summed E-state index contributed by atoms with van der Waals surface area (Å²) >= 11 is 12.2.